The van der Waals surface area contributed by atoms with Gasteiger partial charge in [-0.05, 0) is 72.7 Å². The number of nitrogens with one attached hydrogen (secondary N) is 1. The average molecular weight is 543 g/mol. The van der Waals surface area contributed by atoms with Crippen LogP contribution in [-0.2, 0) is 25.2 Å². The van der Waals surface area contributed by atoms with E-state index >= 15 is 4.39 Å². The number of fused-ring (bicyclic) bond motifs is 1. The summed E-state index contributed by atoms with van der Waals surface area (Å²) in [5, 5.41) is 11.2. The van der Waals surface area contributed by atoms with Crippen LogP contribution in [0.2, 0.25) is 0 Å². The second kappa shape index (κ2) is 9.86. The number of aryl methyl sites for hydroxylation is 1. The van der Waals surface area contributed by atoms with Crippen molar-refractivity contribution in [2.75, 3.05) is 6.54 Å². The third-order valence-corrected chi connectivity index (χ3v) is 7.35. The Bertz CT molecular complexity index is 1580. The lowest BCUT2D eigenvalue weighted by Gasteiger charge is -2.46. The maximum absolute atomic E-state index is 15.0. The molecule has 2 heterocycles. The molecule has 1 N–H and O–H groups in total. The van der Waals surface area contributed by atoms with Crippen LogP contribution < -0.4 is 10.9 Å². The van der Waals surface area contributed by atoms with Gasteiger partial charge in [0.05, 0.1) is 27.6 Å². The van der Waals surface area contributed by atoms with Gasteiger partial charge >= 0.3 is 6.18 Å². The Morgan fingerprint density at radius 3 is 2.49 bits per heavy atom. The summed E-state index contributed by atoms with van der Waals surface area (Å²) in [6.07, 6.45) is -0.644. The van der Waals surface area contributed by atoms with Crippen molar-refractivity contribution in [1.82, 2.24) is 29.6 Å². The fourth-order valence-corrected chi connectivity index (χ4v) is 5.68. The minimum Gasteiger partial charge on any atom is -0.320 e. The smallest absolute Gasteiger partial charge is 0.320 e. The molecule has 7 nitrogen and oxygen atoms in total. The SMILES string of the molecule is CC(C)CNCc1cc(C(F)(F)F)c2ncn(-c3cc(F)cc(C4(c5nncn5C)CC(C)C4)c3)c(=O)c2c1. The van der Waals surface area contributed by atoms with Gasteiger partial charge in [0, 0.05) is 13.6 Å². The predicted molar refractivity (Wildman–Crippen MR) is 139 cm³/mol. The van der Waals surface area contributed by atoms with Crippen molar-refractivity contribution in [2.45, 2.75) is 51.7 Å². The van der Waals surface area contributed by atoms with E-state index in [0.29, 0.717) is 35.3 Å². The summed E-state index contributed by atoms with van der Waals surface area (Å²) < 4.78 is 59.8. The van der Waals surface area contributed by atoms with E-state index in [1.54, 1.807) is 17.0 Å². The fraction of sp³-hybridized carbons (Fsp3) is 0.429. The first-order valence-corrected chi connectivity index (χ1v) is 12.9. The van der Waals surface area contributed by atoms with Crippen LogP contribution in [0.4, 0.5) is 17.6 Å². The Morgan fingerprint density at radius 2 is 1.87 bits per heavy atom. The van der Waals surface area contributed by atoms with E-state index in [-0.39, 0.29) is 17.6 Å². The van der Waals surface area contributed by atoms with Gasteiger partial charge in [-0.3, -0.25) is 9.36 Å². The maximum atomic E-state index is 15.0. The standard InChI is InChI=1S/C28H30F4N6O/c1-16(2)12-33-13-18-5-22-24(23(6-18)28(30,31)32)34-14-38(25(22)39)21-8-19(7-20(29)9-21)27(10-17(3)11-27)26-36-35-15-37(26)4/h5-9,14-17,33H,10-13H2,1-4H3. The Hall–Kier alpha value is -3.60. The molecule has 0 unspecified atom stereocenters. The maximum Gasteiger partial charge on any atom is 0.418 e. The highest BCUT2D eigenvalue weighted by atomic mass is 19.4. The second-order valence-corrected chi connectivity index (χ2v) is 11.0. The summed E-state index contributed by atoms with van der Waals surface area (Å²) >= 11 is 0. The van der Waals surface area contributed by atoms with Gasteiger partial charge in [0.25, 0.3) is 5.56 Å². The minimum atomic E-state index is -4.70. The minimum absolute atomic E-state index is 0.161. The predicted octanol–water partition coefficient (Wildman–Crippen LogP) is 5.13. The van der Waals surface area contributed by atoms with Crippen molar-refractivity contribution in [2.24, 2.45) is 18.9 Å². The quantitative estimate of drug-likeness (QED) is 0.328. The third kappa shape index (κ3) is 4.95. The number of aromatic nitrogens is 5. The number of rotatable bonds is 7. The summed E-state index contributed by atoms with van der Waals surface area (Å²) in [5.41, 5.74) is -1.58. The van der Waals surface area contributed by atoms with Crippen LogP contribution in [-0.4, -0.2) is 30.9 Å². The molecule has 1 saturated carbocycles. The van der Waals surface area contributed by atoms with Gasteiger partial charge in [-0.25, -0.2) is 9.37 Å². The van der Waals surface area contributed by atoms with Gasteiger partial charge in [-0.1, -0.05) is 20.8 Å². The van der Waals surface area contributed by atoms with E-state index in [1.807, 2.05) is 20.9 Å². The van der Waals surface area contributed by atoms with E-state index in [2.05, 4.69) is 27.4 Å². The molecule has 206 valence electrons. The molecule has 0 bridgehead atoms. The van der Waals surface area contributed by atoms with Crippen molar-refractivity contribution >= 4 is 10.9 Å². The molecule has 5 rings (SSSR count). The van der Waals surface area contributed by atoms with Crippen LogP contribution >= 0.6 is 0 Å². The Labute approximate surface area is 222 Å². The monoisotopic (exact) mass is 542 g/mol. The Kier molecular flexibility index (Phi) is 6.82. The fourth-order valence-electron chi connectivity index (χ4n) is 5.68. The lowest BCUT2D eigenvalue weighted by molar-refractivity contribution is -0.136. The Balaban J connectivity index is 1.65. The molecule has 1 fully saturated rings. The molecule has 2 aromatic heterocycles. The molecule has 0 spiro atoms. The highest BCUT2D eigenvalue weighted by Gasteiger charge is 2.48. The van der Waals surface area contributed by atoms with Crippen LogP contribution in [0.3, 0.4) is 0 Å². The molecule has 4 aromatic rings. The number of benzene rings is 2. The molecule has 0 amide bonds. The first-order chi connectivity index (χ1) is 18.4. The number of alkyl halides is 3. The number of halogens is 4. The molecule has 0 atom stereocenters. The summed E-state index contributed by atoms with van der Waals surface area (Å²) in [5.74, 6) is 0.798. The molecule has 0 radical (unpaired) electrons. The zero-order valence-electron chi connectivity index (χ0n) is 22.2. The van der Waals surface area contributed by atoms with E-state index in [0.717, 1.165) is 29.8 Å². The van der Waals surface area contributed by atoms with Gasteiger partial charge in [0.2, 0.25) is 0 Å². The van der Waals surface area contributed by atoms with Gasteiger partial charge in [-0.15, -0.1) is 10.2 Å². The largest absolute Gasteiger partial charge is 0.418 e. The number of hydrogen-bond donors (Lipinski definition) is 1. The molecular weight excluding hydrogens is 512 g/mol. The topological polar surface area (TPSA) is 77.6 Å². The molecular formula is C28H30F4N6O. The summed E-state index contributed by atoms with van der Waals surface area (Å²) in [6.45, 7) is 6.84. The molecule has 1 aliphatic rings. The van der Waals surface area contributed by atoms with Gasteiger partial charge in [0.15, 0.2) is 0 Å². The molecule has 1 aliphatic carbocycles. The molecule has 11 heteroatoms. The van der Waals surface area contributed by atoms with Gasteiger partial charge in [-0.2, -0.15) is 13.2 Å². The first-order valence-electron chi connectivity index (χ1n) is 12.9. The van der Waals surface area contributed by atoms with Crippen LogP contribution in [0.1, 0.15) is 56.1 Å². The van der Waals surface area contributed by atoms with Crippen molar-refractivity contribution in [3.63, 3.8) is 0 Å². The van der Waals surface area contributed by atoms with Crippen LogP contribution in [0.5, 0.6) is 0 Å². The van der Waals surface area contributed by atoms with Crippen molar-refractivity contribution in [3.8, 4) is 5.69 Å². The average Bonchev–Trinajstić information content (AvgIpc) is 3.26. The second-order valence-electron chi connectivity index (χ2n) is 11.0. The van der Waals surface area contributed by atoms with Crippen molar-refractivity contribution in [1.29, 1.82) is 0 Å². The summed E-state index contributed by atoms with van der Waals surface area (Å²) in [6, 6.07) is 6.75. The zero-order chi connectivity index (χ0) is 28.1. The highest BCUT2D eigenvalue weighted by molar-refractivity contribution is 5.82. The number of nitrogens with zero attached hydrogens (tertiary/aromatic N) is 5. The van der Waals surface area contributed by atoms with E-state index in [9.17, 15) is 18.0 Å². The van der Waals surface area contributed by atoms with Crippen molar-refractivity contribution in [3.05, 3.63) is 81.7 Å². The lowest BCUT2D eigenvalue weighted by atomic mass is 9.58. The zero-order valence-corrected chi connectivity index (χ0v) is 22.2. The van der Waals surface area contributed by atoms with Gasteiger partial charge < -0.3 is 9.88 Å². The molecule has 2 aromatic carbocycles. The van der Waals surface area contributed by atoms with E-state index in [4.69, 9.17) is 0 Å². The van der Waals surface area contributed by atoms with Crippen LogP contribution in [0.25, 0.3) is 16.6 Å². The molecule has 0 saturated heterocycles. The van der Waals surface area contributed by atoms with Crippen LogP contribution in [0.15, 0.2) is 47.8 Å². The normalized spacial score (nSPS) is 19.6. The number of hydrogen-bond acceptors (Lipinski definition) is 5. The first kappa shape index (κ1) is 27.0. The highest BCUT2D eigenvalue weighted by Crippen LogP contribution is 2.51. The third-order valence-electron chi connectivity index (χ3n) is 7.35. The molecule has 39 heavy (non-hydrogen) atoms. The Morgan fingerprint density at radius 1 is 1.13 bits per heavy atom. The molecule has 0 aliphatic heterocycles. The van der Waals surface area contributed by atoms with Crippen LogP contribution in [0, 0.1) is 17.7 Å². The van der Waals surface area contributed by atoms with E-state index < -0.39 is 34.0 Å². The summed E-state index contributed by atoms with van der Waals surface area (Å²) in [7, 11) is 1.82. The van der Waals surface area contributed by atoms with Gasteiger partial charge in [0.1, 0.15) is 24.3 Å². The van der Waals surface area contributed by atoms with E-state index in [1.165, 1.54) is 18.2 Å². The lowest BCUT2D eigenvalue weighted by Crippen LogP contribution is -2.43. The van der Waals surface area contributed by atoms with Crippen molar-refractivity contribution < 1.29 is 17.6 Å². The summed E-state index contributed by atoms with van der Waals surface area (Å²) in [4.78, 5) is 17.7.